The highest BCUT2D eigenvalue weighted by Gasteiger charge is 2.34. The summed E-state index contributed by atoms with van der Waals surface area (Å²) in [6.07, 6.45) is -3.42. The molecule has 0 aliphatic carbocycles. The minimum Gasteiger partial charge on any atom is -0.466 e. The summed E-state index contributed by atoms with van der Waals surface area (Å²) in [6, 6.07) is 16.6. The van der Waals surface area contributed by atoms with Gasteiger partial charge < -0.3 is 10.1 Å². The lowest BCUT2D eigenvalue weighted by Crippen LogP contribution is -2.16. The third-order valence-corrected chi connectivity index (χ3v) is 5.72. The first-order chi connectivity index (χ1) is 18.6. The zero-order chi connectivity index (χ0) is 28.2. The number of nitriles is 1. The van der Waals surface area contributed by atoms with Crippen molar-refractivity contribution in [3.05, 3.63) is 89.2 Å². The summed E-state index contributed by atoms with van der Waals surface area (Å²) in [5.74, 6) is -1.30. The van der Waals surface area contributed by atoms with Gasteiger partial charge in [-0.1, -0.05) is 30.3 Å². The Balaban J connectivity index is 1.78. The standard InChI is InChI=1S/C28H22F3N5O3/c1-3-39-25(37)15-19-14-23(26(33-24(19)16-32)17-7-5-4-6-8-17)34-27(38)18-9-10-21(28(29,30)31)20(13-18)22-11-12-36(2)35-22/h4-14H,3,15H2,1-2H3,(H,34,38). The van der Waals surface area contributed by atoms with Crippen molar-refractivity contribution in [3.8, 4) is 28.6 Å². The Labute approximate surface area is 221 Å². The number of hydrogen-bond donors (Lipinski definition) is 1. The summed E-state index contributed by atoms with van der Waals surface area (Å²) in [4.78, 5) is 29.9. The van der Waals surface area contributed by atoms with Crippen LogP contribution in [0.2, 0.25) is 0 Å². The summed E-state index contributed by atoms with van der Waals surface area (Å²) in [5.41, 5.74) is 0.0291. The van der Waals surface area contributed by atoms with Crippen LogP contribution in [0.15, 0.2) is 66.9 Å². The van der Waals surface area contributed by atoms with E-state index in [2.05, 4.69) is 15.4 Å². The van der Waals surface area contributed by atoms with Crippen molar-refractivity contribution in [2.24, 2.45) is 7.05 Å². The molecule has 39 heavy (non-hydrogen) atoms. The maximum atomic E-state index is 13.7. The lowest BCUT2D eigenvalue weighted by Gasteiger charge is -2.16. The van der Waals surface area contributed by atoms with Crippen LogP contribution < -0.4 is 5.32 Å². The number of aryl methyl sites for hydroxylation is 1. The average molecular weight is 534 g/mol. The van der Waals surface area contributed by atoms with Gasteiger partial charge in [-0.25, -0.2) is 4.98 Å². The predicted octanol–water partition coefficient (Wildman–Crippen LogP) is 5.40. The maximum absolute atomic E-state index is 13.7. The van der Waals surface area contributed by atoms with E-state index in [1.54, 1.807) is 44.3 Å². The number of rotatable bonds is 7. The van der Waals surface area contributed by atoms with Crippen LogP contribution in [0.4, 0.5) is 18.9 Å². The zero-order valence-corrected chi connectivity index (χ0v) is 20.9. The Morgan fingerprint density at radius 3 is 2.46 bits per heavy atom. The molecule has 0 radical (unpaired) electrons. The van der Waals surface area contributed by atoms with E-state index < -0.39 is 23.6 Å². The molecule has 4 rings (SSSR count). The van der Waals surface area contributed by atoms with Gasteiger partial charge in [0.05, 0.1) is 35.7 Å². The number of nitrogens with one attached hydrogen (secondary N) is 1. The molecule has 0 aliphatic rings. The molecular weight excluding hydrogens is 511 g/mol. The number of nitrogens with zero attached hydrogens (tertiary/aromatic N) is 4. The van der Waals surface area contributed by atoms with E-state index in [4.69, 9.17) is 4.74 Å². The smallest absolute Gasteiger partial charge is 0.417 e. The number of carbonyl (C=O) groups is 2. The van der Waals surface area contributed by atoms with Crippen LogP contribution in [0.5, 0.6) is 0 Å². The molecule has 0 aliphatic heterocycles. The maximum Gasteiger partial charge on any atom is 0.417 e. The summed E-state index contributed by atoms with van der Waals surface area (Å²) in [6.45, 7) is 1.79. The van der Waals surface area contributed by atoms with Gasteiger partial charge in [0.15, 0.2) is 0 Å². The molecule has 0 spiro atoms. The molecule has 0 fully saturated rings. The molecule has 2 heterocycles. The quantitative estimate of drug-likeness (QED) is 0.319. The summed E-state index contributed by atoms with van der Waals surface area (Å²) in [7, 11) is 1.57. The number of alkyl halides is 3. The molecule has 0 atom stereocenters. The summed E-state index contributed by atoms with van der Waals surface area (Å²) < 4.78 is 47.5. The second-order valence-corrected chi connectivity index (χ2v) is 8.44. The molecule has 0 unspecified atom stereocenters. The third-order valence-electron chi connectivity index (χ3n) is 5.72. The predicted molar refractivity (Wildman–Crippen MR) is 136 cm³/mol. The van der Waals surface area contributed by atoms with Crippen molar-refractivity contribution in [3.63, 3.8) is 0 Å². The topological polar surface area (TPSA) is 110 Å². The van der Waals surface area contributed by atoms with Crippen LogP contribution in [0.1, 0.15) is 34.1 Å². The van der Waals surface area contributed by atoms with Crippen molar-refractivity contribution in [1.29, 1.82) is 5.26 Å². The number of halogens is 3. The van der Waals surface area contributed by atoms with E-state index in [0.29, 0.717) is 5.56 Å². The van der Waals surface area contributed by atoms with Gasteiger partial charge in [-0.3, -0.25) is 14.3 Å². The summed E-state index contributed by atoms with van der Waals surface area (Å²) >= 11 is 0. The van der Waals surface area contributed by atoms with Crippen LogP contribution in [0.3, 0.4) is 0 Å². The van der Waals surface area contributed by atoms with Gasteiger partial charge in [0.2, 0.25) is 0 Å². The molecule has 0 saturated carbocycles. The van der Waals surface area contributed by atoms with Gasteiger partial charge in [0.1, 0.15) is 11.8 Å². The fraction of sp³-hybridized carbons (Fsp3) is 0.179. The first-order valence-corrected chi connectivity index (χ1v) is 11.8. The first-order valence-electron chi connectivity index (χ1n) is 11.8. The fourth-order valence-electron chi connectivity index (χ4n) is 3.96. The molecule has 2 aromatic heterocycles. The number of benzene rings is 2. The fourth-order valence-corrected chi connectivity index (χ4v) is 3.96. The molecule has 2 aromatic carbocycles. The highest BCUT2D eigenvalue weighted by Crippen LogP contribution is 2.37. The Hall–Kier alpha value is -4.98. The lowest BCUT2D eigenvalue weighted by atomic mass is 10.00. The van der Waals surface area contributed by atoms with E-state index in [1.165, 1.54) is 23.0 Å². The number of aromatic nitrogens is 3. The van der Waals surface area contributed by atoms with Crippen LogP contribution in [-0.2, 0) is 29.2 Å². The van der Waals surface area contributed by atoms with Crippen LogP contribution >= 0.6 is 0 Å². The molecule has 1 amide bonds. The molecule has 198 valence electrons. The zero-order valence-electron chi connectivity index (χ0n) is 20.9. The van der Waals surface area contributed by atoms with Crippen molar-refractivity contribution < 1.29 is 27.5 Å². The number of hydrogen-bond acceptors (Lipinski definition) is 6. The Morgan fingerprint density at radius 1 is 1.10 bits per heavy atom. The highest BCUT2D eigenvalue weighted by molar-refractivity contribution is 6.07. The van der Waals surface area contributed by atoms with Crippen molar-refractivity contribution >= 4 is 17.6 Å². The van der Waals surface area contributed by atoms with Gasteiger partial charge in [-0.05, 0) is 37.3 Å². The SMILES string of the molecule is CCOC(=O)Cc1cc(NC(=O)c2ccc(C(F)(F)F)c(-c3ccn(C)n3)c2)c(-c2ccccc2)nc1C#N. The van der Waals surface area contributed by atoms with Crippen molar-refractivity contribution in [2.45, 2.75) is 19.5 Å². The summed E-state index contributed by atoms with van der Waals surface area (Å²) in [5, 5.41) is 16.4. The second-order valence-electron chi connectivity index (χ2n) is 8.44. The van der Waals surface area contributed by atoms with E-state index in [1.807, 2.05) is 6.07 Å². The number of amides is 1. The van der Waals surface area contributed by atoms with Gasteiger partial charge in [0.25, 0.3) is 5.91 Å². The number of carbonyl (C=O) groups excluding carboxylic acids is 2. The van der Waals surface area contributed by atoms with Gasteiger partial charge in [-0.15, -0.1) is 0 Å². The molecule has 11 heteroatoms. The van der Waals surface area contributed by atoms with E-state index in [0.717, 1.165) is 18.2 Å². The average Bonchev–Trinajstić information content (AvgIpc) is 3.34. The van der Waals surface area contributed by atoms with Crippen molar-refractivity contribution in [2.75, 3.05) is 11.9 Å². The Kier molecular flexibility index (Phi) is 7.76. The normalized spacial score (nSPS) is 11.1. The van der Waals surface area contributed by atoms with Gasteiger partial charge in [0, 0.05) is 35.5 Å². The molecular formula is C28H22F3N5O3. The van der Waals surface area contributed by atoms with E-state index in [-0.39, 0.29) is 52.5 Å². The number of pyridine rings is 1. The highest BCUT2D eigenvalue weighted by atomic mass is 19.4. The molecule has 0 bridgehead atoms. The van der Waals surface area contributed by atoms with E-state index in [9.17, 15) is 28.0 Å². The molecule has 8 nitrogen and oxygen atoms in total. The molecule has 0 saturated heterocycles. The second kappa shape index (κ2) is 11.2. The number of esters is 1. The van der Waals surface area contributed by atoms with E-state index >= 15 is 0 Å². The van der Waals surface area contributed by atoms with Crippen LogP contribution in [-0.4, -0.2) is 33.2 Å². The van der Waals surface area contributed by atoms with Crippen molar-refractivity contribution in [1.82, 2.24) is 14.8 Å². The Bertz CT molecular complexity index is 1570. The minimum absolute atomic E-state index is 0.0214. The van der Waals surface area contributed by atoms with Gasteiger partial charge >= 0.3 is 12.1 Å². The first kappa shape index (κ1) is 27.1. The largest absolute Gasteiger partial charge is 0.466 e. The monoisotopic (exact) mass is 533 g/mol. The molecule has 4 aromatic rings. The molecule has 1 N–H and O–H groups in total. The number of anilines is 1. The third kappa shape index (κ3) is 6.13. The van der Waals surface area contributed by atoms with Crippen LogP contribution in [0, 0.1) is 11.3 Å². The number of ether oxygens (including phenoxy) is 1. The van der Waals surface area contributed by atoms with Crippen LogP contribution in [0.25, 0.3) is 22.5 Å². The minimum atomic E-state index is -4.67. The lowest BCUT2D eigenvalue weighted by molar-refractivity contribution is -0.142. The van der Waals surface area contributed by atoms with Gasteiger partial charge in [-0.2, -0.15) is 23.5 Å². The Morgan fingerprint density at radius 2 is 1.85 bits per heavy atom.